The summed E-state index contributed by atoms with van der Waals surface area (Å²) in [5, 5.41) is 9.72. The first kappa shape index (κ1) is 26.6. The summed E-state index contributed by atoms with van der Waals surface area (Å²) in [7, 11) is 0.815. The van der Waals surface area contributed by atoms with Gasteiger partial charge in [-0.1, -0.05) is 18.2 Å². The zero-order chi connectivity index (χ0) is 28.4. The molecule has 0 aliphatic carbocycles. The predicted molar refractivity (Wildman–Crippen MR) is 152 cm³/mol. The fraction of sp³-hybridized carbons (Fsp3) is 0.172. The van der Waals surface area contributed by atoms with Crippen LogP contribution < -0.4 is 9.21 Å². The van der Waals surface area contributed by atoms with Crippen molar-refractivity contribution < 1.29 is 17.9 Å². The van der Waals surface area contributed by atoms with Crippen molar-refractivity contribution in [2.24, 2.45) is 7.05 Å². The number of ether oxygens (including phenoxy) is 1. The number of imidazole rings is 1. The van der Waals surface area contributed by atoms with Gasteiger partial charge in [0.2, 0.25) is 0 Å². The Morgan fingerprint density at radius 3 is 2.50 bits per heavy atom. The molecule has 40 heavy (non-hydrogen) atoms. The number of esters is 1. The summed E-state index contributed by atoms with van der Waals surface area (Å²) < 4.78 is 35.8. The monoisotopic (exact) mass is 554 g/mol. The van der Waals surface area contributed by atoms with Crippen molar-refractivity contribution in [3.05, 3.63) is 90.4 Å². The third kappa shape index (κ3) is 4.92. The second kappa shape index (κ2) is 10.7. The lowest BCUT2D eigenvalue weighted by Crippen LogP contribution is -2.36. The van der Waals surface area contributed by atoms with Crippen LogP contribution in [0, 0.1) is 11.3 Å². The lowest BCUT2D eigenvalue weighted by atomic mass is 10.2. The Morgan fingerprint density at radius 1 is 1.05 bits per heavy atom. The average molecular weight is 555 g/mol. The summed E-state index contributed by atoms with van der Waals surface area (Å²) >= 11 is 0. The molecule has 0 amide bonds. The lowest BCUT2D eigenvalue weighted by Gasteiger charge is -2.24. The first-order valence-electron chi connectivity index (χ1n) is 12.3. The summed E-state index contributed by atoms with van der Waals surface area (Å²) in [5.74, 6) is 0.0438. The molecule has 202 valence electrons. The van der Waals surface area contributed by atoms with Crippen LogP contribution in [-0.2, 0) is 33.1 Å². The van der Waals surface area contributed by atoms with E-state index in [9.17, 15) is 13.2 Å². The van der Waals surface area contributed by atoms with Crippen LogP contribution in [0.1, 0.15) is 11.4 Å². The highest BCUT2D eigenvalue weighted by Gasteiger charge is 2.30. The number of aromatic nitrogens is 3. The Labute approximate surface area is 231 Å². The van der Waals surface area contributed by atoms with E-state index in [0.29, 0.717) is 28.5 Å². The number of para-hydroxylation sites is 1. The molecular formula is C29H26N6O4S. The largest absolute Gasteiger partial charge is 0.468 e. The van der Waals surface area contributed by atoms with Crippen LogP contribution in [0.5, 0.6) is 0 Å². The average Bonchev–Trinajstić information content (AvgIpc) is 3.29. The maximum Gasteiger partial charge on any atom is 0.326 e. The number of aryl methyl sites for hydroxylation is 1. The summed E-state index contributed by atoms with van der Waals surface area (Å²) in [6.07, 6.45) is 1.53. The molecule has 5 rings (SSSR count). The quantitative estimate of drug-likeness (QED) is 0.264. The highest BCUT2D eigenvalue weighted by molar-refractivity contribution is 7.93. The van der Waals surface area contributed by atoms with Gasteiger partial charge in [-0.3, -0.25) is 14.1 Å². The molecular weight excluding hydrogens is 528 g/mol. The maximum atomic E-state index is 14.0. The molecule has 10 nitrogen and oxygen atoms in total. The number of hydrogen-bond donors (Lipinski definition) is 0. The number of pyridine rings is 1. The van der Waals surface area contributed by atoms with Gasteiger partial charge in [-0.15, -0.1) is 0 Å². The van der Waals surface area contributed by atoms with Crippen molar-refractivity contribution in [2.75, 3.05) is 29.9 Å². The lowest BCUT2D eigenvalue weighted by molar-refractivity contribution is -0.138. The van der Waals surface area contributed by atoms with Gasteiger partial charge < -0.3 is 14.2 Å². The minimum atomic E-state index is -4.21. The Balaban J connectivity index is 1.54. The van der Waals surface area contributed by atoms with Crippen molar-refractivity contribution >= 4 is 49.3 Å². The molecule has 2 aromatic heterocycles. The first-order valence-corrected chi connectivity index (χ1v) is 13.8. The van der Waals surface area contributed by atoms with Gasteiger partial charge in [0.15, 0.2) is 0 Å². The molecule has 0 fully saturated rings. The number of sulfonamides is 1. The molecule has 3 aromatic carbocycles. The molecule has 0 spiro atoms. The van der Waals surface area contributed by atoms with E-state index >= 15 is 0 Å². The molecule has 0 saturated heterocycles. The fourth-order valence-corrected chi connectivity index (χ4v) is 6.10. The van der Waals surface area contributed by atoms with E-state index in [-0.39, 0.29) is 10.6 Å². The molecule has 0 N–H and O–H groups in total. The van der Waals surface area contributed by atoms with Crippen LogP contribution in [0.4, 0.5) is 11.4 Å². The number of carbonyl (C=O) groups is 1. The number of benzene rings is 3. The molecule has 5 aromatic rings. The number of fused-ring (bicyclic) bond motifs is 2. The number of nitrogens with zero attached hydrogens (tertiary/aromatic N) is 6. The smallest absolute Gasteiger partial charge is 0.326 e. The molecule has 0 aliphatic rings. The number of anilines is 2. The summed E-state index contributed by atoms with van der Waals surface area (Å²) in [4.78, 5) is 23.4. The van der Waals surface area contributed by atoms with Crippen LogP contribution in [0.2, 0.25) is 0 Å². The first-order chi connectivity index (χ1) is 19.2. The number of nitriles is 1. The molecule has 11 heteroatoms. The highest BCUT2D eigenvalue weighted by Crippen LogP contribution is 2.30. The van der Waals surface area contributed by atoms with Gasteiger partial charge in [-0.05, 0) is 54.6 Å². The normalized spacial score (nSPS) is 11.3. The summed E-state index contributed by atoms with van der Waals surface area (Å²) in [6.45, 7) is -0.0487. The Morgan fingerprint density at radius 2 is 1.77 bits per heavy atom. The molecule has 0 radical (unpaired) electrons. The second-order valence-corrected chi connectivity index (χ2v) is 11.0. The van der Waals surface area contributed by atoms with Gasteiger partial charge in [0.05, 0.1) is 47.5 Å². The van der Waals surface area contributed by atoms with Crippen molar-refractivity contribution in [2.45, 2.75) is 11.4 Å². The predicted octanol–water partition coefficient (Wildman–Crippen LogP) is 4.00. The van der Waals surface area contributed by atoms with E-state index in [1.165, 1.54) is 19.4 Å². The third-order valence-electron chi connectivity index (χ3n) is 6.72. The Hall–Kier alpha value is -4.95. The van der Waals surface area contributed by atoms with Crippen LogP contribution in [0.3, 0.4) is 0 Å². The molecule has 0 atom stereocenters. The summed E-state index contributed by atoms with van der Waals surface area (Å²) in [5.41, 5.74) is 3.46. The number of rotatable bonds is 8. The topological polar surface area (TPSA) is 121 Å². The maximum absolute atomic E-state index is 14.0. The number of carbonyl (C=O) groups excluding carboxylic acids is 1. The van der Waals surface area contributed by atoms with Gasteiger partial charge in [0.1, 0.15) is 17.3 Å². The van der Waals surface area contributed by atoms with Crippen molar-refractivity contribution in [3.8, 4) is 6.07 Å². The van der Waals surface area contributed by atoms with Gasteiger partial charge >= 0.3 is 5.97 Å². The molecule has 0 bridgehead atoms. The number of methoxy groups -OCH3 is 1. The highest BCUT2D eigenvalue weighted by atomic mass is 32.2. The van der Waals surface area contributed by atoms with Gasteiger partial charge in [0, 0.05) is 31.4 Å². The van der Waals surface area contributed by atoms with Crippen molar-refractivity contribution in [1.29, 1.82) is 5.26 Å². The fourth-order valence-electron chi connectivity index (χ4n) is 4.53. The van der Waals surface area contributed by atoms with Gasteiger partial charge in [-0.25, -0.2) is 13.4 Å². The summed E-state index contributed by atoms with van der Waals surface area (Å²) in [6, 6.07) is 22.9. The van der Waals surface area contributed by atoms with E-state index in [0.717, 1.165) is 21.3 Å². The second-order valence-electron chi connectivity index (χ2n) is 9.19. The Kier molecular flexibility index (Phi) is 7.11. The van der Waals surface area contributed by atoms with Crippen molar-refractivity contribution in [3.63, 3.8) is 0 Å². The van der Waals surface area contributed by atoms with Crippen molar-refractivity contribution in [1.82, 2.24) is 14.5 Å². The standard InChI is InChI=1S/C29H26N6O4S/c1-33(22-11-9-20(17-30)10-12-22)18-27-32-24-16-23(13-14-25(24)34(27)2)35(19-28(36)39-3)40(37,38)26-8-4-6-21-7-5-15-31-29(21)26/h4-16H,18-19H2,1-3H3. The molecule has 0 aliphatic heterocycles. The SMILES string of the molecule is COC(=O)CN(c1ccc2c(c1)nc(CN(C)c1ccc(C#N)cc1)n2C)S(=O)(=O)c1cccc2cccnc12. The van der Waals surface area contributed by atoms with Crippen LogP contribution in [0.25, 0.3) is 21.9 Å². The minimum absolute atomic E-state index is 0.0136. The van der Waals surface area contributed by atoms with E-state index in [4.69, 9.17) is 15.0 Å². The molecule has 0 saturated carbocycles. The Bertz CT molecular complexity index is 1870. The van der Waals surface area contributed by atoms with E-state index in [1.54, 1.807) is 54.6 Å². The zero-order valence-electron chi connectivity index (χ0n) is 22.1. The van der Waals surface area contributed by atoms with Gasteiger partial charge in [0.25, 0.3) is 10.0 Å². The van der Waals surface area contributed by atoms with E-state index in [1.807, 2.05) is 35.7 Å². The third-order valence-corrected chi connectivity index (χ3v) is 8.53. The van der Waals surface area contributed by atoms with E-state index < -0.39 is 22.5 Å². The molecule has 0 unspecified atom stereocenters. The van der Waals surface area contributed by atoms with Crippen LogP contribution in [0.15, 0.2) is 83.9 Å². The zero-order valence-corrected chi connectivity index (χ0v) is 23.0. The van der Waals surface area contributed by atoms with Gasteiger partial charge in [-0.2, -0.15) is 5.26 Å². The number of hydrogen-bond acceptors (Lipinski definition) is 8. The molecule has 2 heterocycles. The van der Waals surface area contributed by atoms with Crippen LogP contribution in [-0.4, -0.2) is 49.6 Å². The minimum Gasteiger partial charge on any atom is -0.468 e. The van der Waals surface area contributed by atoms with E-state index in [2.05, 4.69) is 11.1 Å². The van der Waals surface area contributed by atoms with Crippen LogP contribution >= 0.6 is 0 Å².